The highest BCUT2D eigenvalue weighted by molar-refractivity contribution is 6.28. The van der Waals surface area contributed by atoms with Gasteiger partial charge in [0.2, 0.25) is 5.78 Å². The standard InChI is InChI=1S/C35H32O4/c1-25-15-13-14-22-29(25)30-23-31-34(32(30)36,39-33(2,3)38-31)24-37-35(26-16-7-4-8-17-26,27-18-9-5-10-19-27)28-20-11-6-12-21-28/h4-23,31H,24H2,1-3H3/t31-,34-/m0/s1. The summed E-state index contributed by atoms with van der Waals surface area (Å²) in [5.41, 5.74) is 3.13. The van der Waals surface area contributed by atoms with Gasteiger partial charge in [-0.2, -0.15) is 0 Å². The number of rotatable bonds is 7. The van der Waals surface area contributed by atoms with Crippen molar-refractivity contribution in [3.63, 3.8) is 0 Å². The molecule has 4 nitrogen and oxygen atoms in total. The van der Waals surface area contributed by atoms with Crippen LogP contribution in [-0.4, -0.2) is 29.9 Å². The quantitative estimate of drug-likeness (QED) is 0.252. The fraction of sp³-hybridized carbons (Fsp3) is 0.229. The number of ketones is 1. The highest BCUT2D eigenvalue weighted by atomic mass is 16.8. The molecule has 0 unspecified atom stereocenters. The van der Waals surface area contributed by atoms with Crippen LogP contribution in [0.15, 0.2) is 121 Å². The Morgan fingerprint density at radius 2 is 1.23 bits per heavy atom. The van der Waals surface area contributed by atoms with Gasteiger partial charge in [-0.3, -0.25) is 4.79 Å². The fourth-order valence-corrected chi connectivity index (χ4v) is 5.97. The summed E-state index contributed by atoms with van der Waals surface area (Å²) < 4.78 is 19.9. The molecule has 1 aliphatic carbocycles. The smallest absolute Gasteiger partial charge is 0.200 e. The molecule has 1 saturated heterocycles. The summed E-state index contributed by atoms with van der Waals surface area (Å²) in [6.45, 7) is 5.71. The normalized spacial score (nSPS) is 22.0. The highest BCUT2D eigenvalue weighted by Crippen LogP contribution is 2.49. The van der Waals surface area contributed by atoms with Crippen LogP contribution in [0, 0.1) is 6.92 Å². The van der Waals surface area contributed by atoms with Crippen LogP contribution in [0.4, 0.5) is 0 Å². The molecule has 0 aromatic heterocycles. The zero-order chi connectivity index (χ0) is 27.1. The summed E-state index contributed by atoms with van der Waals surface area (Å²) in [6, 6.07) is 38.4. The summed E-state index contributed by atoms with van der Waals surface area (Å²) in [7, 11) is 0. The van der Waals surface area contributed by atoms with Gasteiger partial charge in [-0.25, -0.2) is 0 Å². The number of ether oxygens (including phenoxy) is 3. The molecule has 4 aromatic rings. The zero-order valence-corrected chi connectivity index (χ0v) is 22.5. The lowest BCUT2D eigenvalue weighted by atomic mass is 9.79. The van der Waals surface area contributed by atoms with E-state index >= 15 is 0 Å². The van der Waals surface area contributed by atoms with E-state index in [0.717, 1.165) is 27.8 Å². The van der Waals surface area contributed by atoms with E-state index in [1.165, 1.54) is 0 Å². The molecule has 1 fully saturated rings. The maximum atomic E-state index is 14.3. The second-order valence-electron chi connectivity index (χ2n) is 10.7. The monoisotopic (exact) mass is 516 g/mol. The number of hydrogen-bond acceptors (Lipinski definition) is 4. The number of benzene rings is 4. The predicted molar refractivity (Wildman–Crippen MR) is 152 cm³/mol. The fourth-order valence-electron chi connectivity index (χ4n) is 5.97. The molecule has 0 radical (unpaired) electrons. The maximum Gasteiger partial charge on any atom is 0.200 e. The number of hydrogen-bond donors (Lipinski definition) is 0. The molecule has 6 rings (SSSR count). The summed E-state index contributed by atoms with van der Waals surface area (Å²) in [5.74, 6) is -1.05. The summed E-state index contributed by atoms with van der Waals surface area (Å²) in [5, 5.41) is 0. The molecule has 39 heavy (non-hydrogen) atoms. The number of fused-ring (bicyclic) bond motifs is 1. The van der Waals surface area contributed by atoms with Crippen molar-refractivity contribution in [1.82, 2.24) is 0 Å². The van der Waals surface area contributed by atoms with Crippen molar-refractivity contribution in [3.8, 4) is 0 Å². The molecule has 196 valence electrons. The molecular formula is C35H32O4. The van der Waals surface area contributed by atoms with E-state index in [4.69, 9.17) is 14.2 Å². The van der Waals surface area contributed by atoms with Crippen LogP contribution in [0.25, 0.3) is 5.57 Å². The molecule has 1 heterocycles. The van der Waals surface area contributed by atoms with Gasteiger partial charge in [0.1, 0.15) is 11.7 Å². The molecule has 1 aliphatic heterocycles. The van der Waals surface area contributed by atoms with E-state index < -0.39 is 23.1 Å². The Kier molecular flexibility index (Phi) is 6.35. The van der Waals surface area contributed by atoms with Crippen molar-refractivity contribution < 1.29 is 19.0 Å². The Morgan fingerprint density at radius 1 is 0.744 bits per heavy atom. The number of aryl methyl sites for hydroxylation is 1. The minimum atomic E-state index is -1.31. The van der Waals surface area contributed by atoms with Crippen LogP contribution in [-0.2, 0) is 24.6 Å². The van der Waals surface area contributed by atoms with Crippen LogP contribution in [0.3, 0.4) is 0 Å². The van der Waals surface area contributed by atoms with E-state index in [1.54, 1.807) is 0 Å². The van der Waals surface area contributed by atoms with Crippen molar-refractivity contribution in [1.29, 1.82) is 0 Å². The largest absolute Gasteiger partial charge is 0.357 e. The average Bonchev–Trinajstić information content (AvgIpc) is 3.37. The lowest BCUT2D eigenvalue weighted by Gasteiger charge is -2.39. The molecule has 4 heteroatoms. The van der Waals surface area contributed by atoms with Crippen molar-refractivity contribution in [3.05, 3.63) is 149 Å². The van der Waals surface area contributed by atoms with Crippen LogP contribution in [0.2, 0.25) is 0 Å². The van der Waals surface area contributed by atoms with Gasteiger partial charge < -0.3 is 14.2 Å². The van der Waals surface area contributed by atoms with E-state index in [-0.39, 0.29) is 12.4 Å². The topological polar surface area (TPSA) is 44.8 Å². The molecular weight excluding hydrogens is 484 g/mol. The second kappa shape index (κ2) is 9.73. The third-order valence-corrected chi connectivity index (χ3v) is 7.72. The number of carbonyl (C=O) groups is 1. The van der Waals surface area contributed by atoms with E-state index in [2.05, 4.69) is 36.4 Å². The van der Waals surface area contributed by atoms with Crippen molar-refractivity contribution in [2.45, 2.75) is 43.9 Å². The van der Waals surface area contributed by atoms with E-state index in [9.17, 15) is 4.79 Å². The van der Waals surface area contributed by atoms with E-state index in [1.807, 2.05) is 106 Å². The number of carbonyl (C=O) groups excluding carboxylic acids is 1. The Balaban J connectivity index is 1.48. The van der Waals surface area contributed by atoms with Gasteiger partial charge in [0.25, 0.3) is 0 Å². The summed E-state index contributed by atoms with van der Waals surface area (Å²) in [4.78, 5) is 14.3. The van der Waals surface area contributed by atoms with Crippen LogP contribution >= 0.6 is 0 Å². The molecule has 0 amide bonds. The van der Waals surface area contributed by atoms with E-state index in [0.29, 0.717) is 5.57 Å². The third kappa shape index (κ3) is 4.25. The first-order valence-corrected chi connectivity index (χ1v) is 13.4. The molecule has 0 saturated carbocycles. The Labute approximate surface area is 229 Å². The Bertz CT molecular complexity index is 1410. The molecule has 4 aromatic carbocycles. The minimum absolute atomic E-state index is 0.00446. The van der Waals surface area contributed by atoms with Crippen LogP contribution in [0.1, 0.15) is 41.7 Å². The lowest BCUT2D eigenvalue weighted by molar-refractivity contribution is -0.184. The first kappa shape index (κ1) is 25.4. The molecule has 0 spiro atoms. The van der Waals surface area contributed by atoms with Crippen molar-refractivity contribution in [2.75, 3.05) is 6.61 Å². The lowest BCUT2D eigenvalue weighted by Crippen LogP contribution is -2.50. The third-order valence-electron chi connectivity index (χ3n) is 7.72. The predicted octanol–water partition coefficient (Wildman–Crippen LogP) is 6.86. The summed E-state index contributed by atoms with van der Waals surface area (Å²) >= 11 is 0. The van der Waals surface area contributed by atoms with Gasteiger partial charge in [0.15, 0.2) is 11.4 Å². The summed E-state index contributed by atoms with van der Waals surface area (Å²) in [6.07, 6.45) is 1.34. The molecule has 2 atom stereocenters. The van der Waals surface area contributed by atoms with Crippen LogP contribution < -0.4 is 0 Å². The van der Waals surface area contributed by atoms with Gasteiger partial charge >= 0.3 is 0 Å². The molecule has 0 bridgehead atoms. The Morgan fingerprint density at radius 3 is 1.74 bits per heavy atom. The van der Waals surface area contributed by atoms with Crippen molar-refractivity contribution in [2.24, 2.45) is 0 Å². The van der Waals surface area contributed by atoms with Gasteiger partial charge in [-0.05, 0) is 54.7 Å². The van der Waals surface area contributed by atoms with Crippen LogP contribution in [0.5, 0.6) is 0 Å². The van der Waals surface area contributed by atoms with Gasteiger partial charge in [-0.1, -0.05) is 115 Å². The SMILES string of the molecule is Cc1ccccc1C1=C[C@@H]2OC(C)(C)O[C@]2(COC(c2ccccc2)(c2ccccc2)c2ccccc2)C1=O. The average molecular weight is 517 g/mol. The first-order valence-electron chi connectivity index (χ1n) is 13.4. The van der Waals surface area contributed by atoms with Gasteiger partial charge in [0, 0.05) is 5.57 Å². The van der Waals surface area contributed by atoms with Gasteiger partial charge in [0.05, 0.1) is 6.61 Å². The highest BCUT2D eigenvalue weighted by Gasteiger charge is 2.62. The zero-order valence-electron chi connectivity index (χ0n) is 22.5. The maximum absolute atomic E-state index is 14.3. The first-order chi connectivity index (χ1) is 18.9. The number of Topliss-reactive ketones (excluding diaryl/α,β-unsaturated/α-hetero) is 1. The molecule has 0 N–H and O–H groups in total. The minimum Gasteiger partial charge on any atom is -0.357 e. The molecule has 2 aliphatic rings. The van der Waals surface area contributed by atoms with Gasteiger partial charge in [-0.15, -0.1) is 0 Å². The second-order valence-corrected chi connectivity index (χ2v) is 10.7. The Hall–Kier alpha value is -3.83. The van der Waals surface area contributed by atoms with Crippen molar-refractivity contribution >= 4 is 11.4 Å².